The Morgan fingerprint density at radius 2 is 2.09 bits per heavy atom. The lowest BCUT2D eigenvalue weighted by Gasteiger charge is -1.99. The molecular weight excluding hydrogens is 138 g/mol. The van der Waals surface area contributed by atoms with Crippen molar-refractivity contribution in [3.63, 3.8) is 0 Å². The van der Waals surface area contributed by atoms with Crippen molar-refractivity contribution in [1.82, 2.24) is 5.32 Å². The maximum absolute atomic E-state index is 11.4. The molecule has 1 saturated carbocycles. The van der Waals surface area contributed by atoms with Crippen LogP contribution in [-0.2, 0) is 4.79 Å². The van der Waals surface area contributed by atoms with Gasteiger partial charge >= 0.3 is 0 Å². The maximum atomic E-state index is 11.4. The molecule has 0 bridgehead atoms. The molecule has 0 aromatic heterocycles. The summed E-state index contributed by atoms with van der Waals surface area (Å²) >= 11 is 0. The van der Waals surface area contributed by atoms with E-state index in [1.807, 2.05) is 13.8 Å². The Bertz CT molecular complexity index is 184. The Morgan fingerprint density at radius 3 is 2.55 bits per heavy atom. The number of hydrogen-bond acceptors (Lipinski definition) is 2. The second-order valence-electron chi connectivity index (χ2n) is 4.06. The van der Waals surface area contributed by atoms with Crippen molar-refractivity contribution in [2.45, 2.75) is 38.8 Å². The molecule has 2 nitrogen and oxygen atoms in total. The van der Waals surface area contributed by atoms with Gasteiger partial charge in [0.25, 0.3) is 0 Å². The lowest BCUT2D eigenvalue weighted by atomic mass is 10.0. The number of ketones is 1. The van der Waals surface area contributed by atoms with E-state index in [4.69, 9.17) is 0 Å². The zero-order valence-electron chi connectivity index (χ0n) is 7.13. The molecule has 0 aromatic carbocycles. The van der Waals surface area contributed by atoms with E-state index >= 15 is 0 Å². The van der Waals surface area contributed by atoms with Crippen LogP contribution in [0.3, 0.4) is 0 Å². The number of rotatable bonds is 3. The molecule has 2 aliphatic rings. The minimum Gasteiger partial charge on any atom is -0.301 e. The third kappa shape index (κ3) is 1.32. The highest BCUT2D eigenvalue weighted by atomic mass is 16.1. The summed E-state index contributed by atoms with van der Waals surface area (Å²) in [7, 11) is 0. The number of hydrogen-bond donors (Lipinski definition) is 1. The molecule has 2 heteroatoms. The van der Waals surface area contributed by atoms with Gasteiger partial charge in [-0.15, -0.1) is 0 Å². The van der Waals surface area contributed by atoms with Crippen molar-refractivity contribution in [3.8, 4) is 0 Å². The van der Waals surface area contributed by atoms with Crippen molar-refractivity contribution < 1.29 is 4.79 Å². The van der Waals surface area contributed by atoms with Crippen LogP contribution in [0.1, 0.15) is 26.7 Å². The van der Waals surface area contributed by atoms with Crippen LogP contribution in [0.2, 0.25) is 0 Å². The first kappa shape index (κ1) is 7.29. The molecule has 0 aromatic rings. The van der Waals surface area contributed by atoms with Crippen molar-refractivity contribution in [2.24, 2.45) is 11.8 Å². The summed E-state index contributed by atoms with van der Waals surface area (Å²) in [5.74, 6) is 1.45. The van der Waals surface area contributed by atoms with E-state index in [9.17, 15) is 4.79 Å². The number of nitrogens with one attached hydrogen (secondary N) is 1. The summed E-state index contributed by atoms with van der Waals surface area (Å²) in [5, 5.41) is 3.26. The van der Waals surface area contributed by atoms with Gasteiger partial charge in [-0.1, -0.05) is 13.8 Å². The SMILES string of the molecule is CC(C)C(=O)[C@@H]1NC1C1CC1. The lowest BCUT2D eigenvalue weighted by Crippen LogP contribution is -2.17. The quantitative estimate of drug-likeness (QED) is 0.613. The van der Waals surface area contributed by atoms with Gasteiger partial charge in [-0.25, -0.2) is 0 Å². The largest absolute Gasteiger partial charge is 0.301 e. The highest BCUT2D eigenvalue weighted by Crippen LogP contribution is 2.40. The van der Waals surface area contributed by atoms with Crippen LogP contribution in [0.5, 0.6) is 0 Å². The molecule has 62 valence electrons. The van der Waals surface area contributed by atoms with Gasteiger partial charge in [-0.05, 0) is 18.8 Å². The molecule has 2 fully saturated rings. The summed E-state index contributed by atoms with van der Waals surface area (Å²) < 4.78 is 0. The smallest absolute Gasteiger partial charge is 0.153 e. The van der Waals surface area contributed by atoms with Gasteiger partial charge in [0, 0.05) is 12.0 Å². The van der Waals surface area contributed by atoms with Crippen molar-refractivity contribution in [2.75, 3.05) is 0 Å². The average Bonchev–Trinajstić information content (AvgIpc) is 2.79. The minimum atomic E-state index is 0.205. The molecule has 11 heavy (non-hydrogen) atoms. The first-order valence-electron chi connectivity index (χ1n) is 4.50. The summed E-state index contributed by atoms with van der Waals surface area (Å²) in [5.41, 5.74) is 0. The van der Waals surface area contributed by atoms with E-state index in [1.165, 1.54) is 12.8 Å². The van der Waals surface area contributed by atoms with Gasteiger partial charge in [0.2, 0.25) is 0 Å². The zero-order valence-corrected chi connectivity index (χ0v) is 7.13. The lowest BCUT2D eigenvalue weighted by molar-refractivity contribution is -0.121. The fourth-order valence-electron chi connectivity index (χ4n) is 1.63. The fraction of sp³-hybridized carbons (Fsp3) is 0.889. The predicted octanol–water partition coefficient (Wildman–Crippen LogP) is 0.962. The highest BCUT2D eigenvalue weighted by molar-refractivity contribution is 5.89. The van der Waals surface area contributed by atoms with Crippen molar-refractivity contribution in [3.05, 3.63) is 0 Å². The molecule has 1 heterocycles. The monoisotopic (exact) mass is 153 g/mol. The Kier molecular flexibility index (Phi) is 1.53. The van der Waals surface area contributed by atoms with Crippen LogP contribution < -0.4 is 5.32 Å². The van der Waals surface area contributed by atoms with Crippen molar-refractivity contribution in [1.29, 1.82) is 0 Å². The Morgan fingerprint density at radius 1 is 1.45 bits per heavy atom. The predicted molar refractivity (Wildman–Crippen MR) is 43.3 cm³/mol. The number of carbonyl (C=O) groups is 1. The van der Waals surface area contributed by atoms with E-state index in [2.05, 4.69) is 5.32 Å². The van der Waals surface area contributed by atoms with Crippen LogP contribution in [0, 0.1) is 11.8 Å². The van der Waals surface area contributed by atoms with Gasteiger partial charge in [-0.2, -0.15) is 0 Å². The first-order chi connectivity index (χ1) is 5.20. The standard InChI is InChI=1S/C9H15NO/c1-5(2)9(11)8-7(10-8)6-3-4-6/h5-8,10H,3-4H2,1-2H3/t7?,8-/m1/s1. The Balaban J connectivity index is 1.85. The minimum absolute atomic E-state index is 0.205. The second kappa shape index (κ2) is 2.31. The topological polar surface area (TPSA) is 39.0 Å². The molecule has 2 atom stereocenters. The van der Waals surface area contributed by atoms with Gasteiger partial charge in [0.05, 0.1) is 6.04 Å². The Hall–Kier alpha value is -0.370. The molecule has 1 N–H and O–H groups in total. The third-order valence-corrected chi connectivity index (χ3v) is 2.63. The molecular formula is C9H15NO. The normalized spacial score (nSPS) is 35.9. The fourth-order valence-corrected chi connectivity index (χ4v) is 1.63. The summed E-state index contributed by atoms with van der Waals surface area (Å²) in [4.78, 5) is 11.4. The average molecular weight is 153 g/mol. The van der Waals surface area contributed by atoms with E-state index in [1.54, 1.807) is 0 Å². The second-order valence-corrected chi connectivity index (χ2v) is 4.06. The summed E-state index contributed by atoms with van der Waals surface area (Å²) in [6.07, 6.45) is 2.67. The molecule has 1 saturated heterocycles. The Labute approximate surface area is 67.4 Å². The van der Waals surface area contributed by atoms with E-state index < -0.39 is 0 Å². The van der Waals surface area contributed by atoms with Crippen LogP contribution in [-0.4, -0.2) is 17.9 Å². The van der Waals surface area contributed by atoms with Crippen LogP contribution in [0.15, 0.2) is 0 Å². The number of Topliss-reactive ketones (excluding diaryl/α,β-unsaturated/α-hetero) is 1. The van der Waals surface area contributed by atoms with Gasteiger partial charge in [0.15, 0.2) is 5.78 Å². The van der Waals surface area contributed by atoms with Crippen molar-refractivity contribution >= 4 is 5.78 Å². The molecule has 1 aliphatic heterocycles. The summed E-state index contributed by atoms with van der Waals surface area (Å²) in [6.45, 7) is 3.96. The molecule has 0 spiro atoms. The maximum Gasteiger partial charge on any atom is 0.153 e. The van der Waals surface area contributed by atoms with E-state index in [0.29, 0.717) is 11.8 Å². The molecule has 2 rings (SSSR count). The van der Waals surface area contributed by atoms with Crippen LogP contribution in [0.4, 0.5) is 0 Å². The molecule has 0 radical (unpaired) electrons. The van der Waals surface area contributed by atoms with Gasteiger partial charge < -0.3 is 5.32 Å². The third-order valence-electron chi connectivity index (χ3n) is 2.63. The van der Waals surface area contributed by atoms with Crippen LogP contribution in [0.25, 0.3) is 0 Å². The van der Waals surface area contributed by atoms with Gasteiger partial charge in [-0.3, -0.25) is 4.79 Å². The molecule has 1 unspecified atom stereocenters. The first-order valence-corrected chi connectivity index (χ1v) is 4.50. The summed E-state index contributed by atoms with van der Waals surface area (Å²) in [6, 6.07) is 0.785. The van der Waals surface area contributed by atoms with E-state index in [0.717, 1.165) is 5.92 Å². The van der Waals surface area contributed by atoms with E-state index in [-0.39, 0.29) is 12.0 Å². The van der Waals surface area contributed by atoms with Gasteiger partial charge in [0.1, 0.15) is 0 Å². The zero-order chi connectivity index (χ0) is 8.01. The highest BCUT2D eigenvalue weighted by Gasteiger charge is 2.50. The van der Waals surface area contributed by atoms with Crippen LogP contribution >= 0.6 is 0 Å². The molecule has 1 aliphatic carbocycles. The molecule has 0 amide bonds. The number of carbonyl (C=O) groups excluding carboxylic acids is 1.